The van der Waals surface area contributed by atoms with Gasteiger partial charge in [0.25, 0.3) is 5.91 Å². The van der Waals surface area contributed by atoms with E-state index in [1.165, 1.54) is 12.4 Å². The Bertz CT molecular complexity index is 691. The van der Waals surface area contributed by atoms with Gasteiger partial charge in [-0.2, -0.15) is 0 Å². The van der Waals surface area contributed by atoms with E-state index in [0.29, 0.717) is 22.9 Å². The molecule has 2 aromatic rings. The third-order valence-electron chi connectivity index (χ3n) is 3.00. The van der Waals surface area contributed by atoms with Crippen LogP contribution in [0.3, 0.4) is 0 Å². The quantitative estimate of drug-likeness (QED) is 0.906. The number of benzene rings is 1. The number of ether oxygens (including phenoxy) is 1. The first-order valence-corrected chi connectivity index (χ1v) is 7.35. The summed E-state index contributed by atoms with van der Waals surface area (Å²) in [5.74, 6) is 0.814. The van der Waals surface area contributed by atoms with Crippen LogP contribution in [0.4, 0.5) is 11.6 Å². The van der Waals surface area contributed by atoms with Gasteiger partial charge in [-0.1, -0.05) is 6.07 Å². The molecule has 1 heterocycles. The number of hydrogen-bond donors (Lipinski definition) is 2. The van der Waals surface area contributed by atoms with Crippen LogP contribution in [0.25, 0.3) is 0 Å². The average Bonchev–Trinajstić information content (AvgIpc) is 2.46. The summed E-state index contributed by atoms with van der Waals surface area (Å²) in [5.41, 5.74) is 1.89. The predicted molar refractivity (Wildman–Crippen MR) is 91.1 cm³/mol. The third-order valence-corrected chi connectivity index (χ3v) is 3.00. The SMILES string of the molecule is COc1ccc(C)cc1NC(=O)c1cnc(NC(C)(C)C)nc1. The molecule has 2 N–H and O–H groups in total. The molecule has 0 saturated carbocycles. The van der Waals surface area contributed by atoms with Gasteiger partial charge in [-0.05, 0) is 45.4 Å². The molecule has 0 atom stereocenters. The number of hydrogen-bond acceptors (Lipinski definition) is 5. The third kappa shape index (κ3) is 4.67. The molecule has 1 aromatic heterocycles. The number of methoxy groups -OCH3 is 1. The summed E-state index contributed by atoms with van der Waals surface area (Å²) in [7, 11) is 1.57. The van der Waals surface area contributed by atoms with Gasteiger partial charge in [0.15, 0.2) is 0 Å². The smallest absolute Gasteiger partial charge is 0.258 e. The molecule has 0 radical (unpaired) electrons. The van der Waals surface area contributed by atoms with Gasteiger partial charge in [-0.25, -0.2) is 9.97 Å². The number of nitrogens with zero attached hydrogens (tertiary/aromatic N) is 2. The molecule has 6 heteroatoms. The first-order valence-electron chi connectivity index (χ1n) is 7.35. The number of nitrogens with one attached hydrogen (secondary N) is 2. The van der Waals surface area contributed by atoms with Crippen LogP contribution in [0.5, 0.6) is 5.75 Å². The molecule has 6 nitrogen and oxygen atoms in total. The predicted octanol–water partition coefficient (Wildman–Crippen LogP) is 3.26. The molecule has 0 unspecified atom stereocenters. The monoisotopic (exact) mass is 314 g/mol. The van der Waals surface area contributed by atoms with Crippen LogP contribution in [0.15, 0.2) is 30.6 Å². The van der Waals surface area contributed by atoms with E-state index in [1.54, 1.807) is 7.11 Å². The Labute approximate surface area is 136 Å². The summed E-state index contributed by atoms with van der Waals surface area (Å²) >= 11 is 0. The van der Waals surface area contributed by atoms with Crippen molar-refractivity contribution in [3.8, 4) is 5.75 Å². The van der Waals surface area contributed by atoms with Crippen molar-refractivity contribution in [2.45, 2.75) is 33.2 Å². The fourth-order valence-electron chi connectivity index (χ4n) is 1.96. The van der Waals surface area contributed by atoms with Gasteiger partial charge < -0.3 is 15.4 Å². The zero-order valence-electron chi connectivity index (χ0n) is 14.1. The Balaban J connectivity index is 2.14. The molecule has 0 spiro atoms. The molecule has 23 heavy (non-hydrogen) atoms. The molecule has 1 aromatic carbocycles. The fourth-order valence-corrected chi connectivity index (χ4v) is 1.96. The van der Waals surface area contributed by atoms with Crippen LogP contribution in [0, 0.1) is 6.92 Å². The Morgan fingerprint density at radius 1 is 1.17 bits per heavy atom. The first kappa shape index (κ1) is 16.7. The molecule has 0 aliphatic carbocycles. The van der Waals surface area contributed by atoms with Crippen LogP contribution >= 0.6 is 0 Å². The van der Waals surface area contributed by atoms with Gasteiger partial charge in [0, 0.05) is 17.9 Å². The summed E-state index contributed by atoms with van der Waals surface area (Å²) in [4.78, 5) is 20.7. The highest BCUT2D eigenvalue weighted by Gasteiger charge is 2.14. The van der Waals surface area contributed by atoms with Crippen molar-refractivity contribution in [1.29, 1.82) is 0 Å². The molecule has 122 valence electrons. The second-order valence-corrected chi connectivity index (χ2v) is 6.33. The number of aromatic nitrogens is 2. The second kappa shape index (κ2) is 6.64. The minimum Gasteiger partial charge on any atom is -0.495 e. The Hall–Kier alpha value is -2.63. The van der Waals surface area contributed by atoms with Crippen LogP contribution in [0.1, 0.15) is 36.7 Å². The molecule has 0 aliphatic rings. The first-order chi connectivity index (χ1) is 10.8. The van der Waals surface area contributed by atoms with Crippen molar-refractivity contribution >= 4 is 17.5 Å². The van der Waals surface area contributed by atoms with E-state index in [1.807, 2.05) is 45.9 Å². The number of carbonyl (C=O) groups excluding carboxylic acids is 1. The lowest BCUT2D eigenvalue weighted by Gasteiger charge is -2.20. The van der Waals surface area contributed by atoms with E-state index in [-0.39, 0.29) is 11.4 Å². The number of carbonyl (C=O) groups is 1. The van der Waals surface area contributed by atoms with E-state index in [0.717, 1.165) is 5.56 Å². The van der Waals surface area contributed by atoms with Gasteiger partial charge in [0.05, 0.1) is 18.4 Å². The van der Waals surface area contributed by atoms with E-state index in [9.17, 15) is 4.79 Å². The molecule has 0 fully saturated rings. The van der Waals surface area contributed by atoms with Crippen molar-refractivity contribution in [1.82, 2.24) is 9.97 Å². The zero-order chi connectivity index (χ0) is 17.0. The summed E-state index contributed by atoms with van der Waals surface area (Å²) in [6, 6.07) is 5.59. The summed E-state index contributed by atoms with van der Waals surface area (Å²) < 4.78 is 5.26. The van der Waals surface area contributed by atoms with Crippen LogP contribution < -0.4 is 15.4 Å². The van der Waals surface area contributed by atoms with Crippen molar-refractivity contribution in [2.24, 2.45) is 0 Å². The molecule has 0 aliphatic heterocycles. The van der Waals surface area contributed by atoms with Gasteiger partial charge >= 0.3 is 0 Å². The topological polar surface area (TPSA) is 76.1 Å². The minimum absolute atomic E-state index is 0.140. The highest BCUT2D eigenvalue weighted by molar-refractivity contribution is 6.04. The standard InChI is InChI=1S/C17H22N4O2/c1-11-6-7-14(23-5)13(8-11)20-15(22)12-9-18-16(19-10-12)21-17(2,3)4/h6-10H,1-5H3,(H,20,22)(H,18,19,21). The highest BCUT2D eigenvalue weighted by atomic mass is 16.5. The van der Waals surface area contributed by atoms with Crippen LogP contribution in [0.2, 0.25) is 0 Å². The van der Waals surface area contributed by atoms with Gasteiger partial charge in [-0.3, -0.25) is 4.79 Å². The maximum atomic E-state index is 12.3. The Morgan fingerprint density at radius 2 is 1.83 bits per heavy atom. The average molecular weight is 314 g/mol. The number of anilines is 2. The summed E-state index contributed by atoms with van der Waals surface area (Å²) in [6.45, 7) is 7.99. The van der Waals surface area contributed by atoms with E-state index >= 15 is 0 Å². The van der Waals surface area contributed by atoms with Crippen LogP contribution in [-0.2, 0) is 0 Å². The van der Waals surface area contributed by atoms with Gasteiger partial charge in [-0.15, -0.1) is 0 Å². The molecular weight excluding hydrogens is 292 g/mol. The lowest BCUT2D eigenvalue weighted by Crippen LogP contribution is -2.27. The highest BCUT2D eigenvalue weighted by Crippen LogP contribution is 2.25. The molecule has 2 rings (SSSR count). The minimum atomic E-state index is -0.281. The Kier molecular flexibility index (Phi) is 4.83. The van der Waals surface area contributed by atoms with Crippen LogP contribution in [-0.4, -0.2) is 28.5 Å². The van der Waals surface area contributed by atoms with Crippen molar-refractivity contribution in [2.75, 3.05) is 17.7 Å². The molecule has 1 amide bonds. The van der Waals surface area contributed by atoms with Crippen molar-refractivity contribution in [3.05, 3.63) is 41.7 Å². The van der Waals surface area contributed by atoms with E-state index < -0.39 is 0 Å². The number of rotatable bonds is 4. The summed E-state index contributed by atoms with van der Waals surface area (Å²) in [5, 5.41) is 5.97. The largest absolute Gasteiger partial charge is 0.495 e. The zero-order valence-corrected chi connectivity index (χ0v) is 14.1. The number of aryl methyl sites for hydroxylation is 1. The molecular formula is C17H22N4O2. The summed E-state index contributed by atoms with van der Waals surface area (Å²) in [6.07, 6.45) is 3.00. The maximum absolute atomic E-state index is 12.3. The lowest BCUT2D eigenvalue weighted by atomic mass is 10.1. The lowest BCUT2D eigenvalue weighted by molar-refractivity contribution is 0.102. The van der Waals surface area contributed by atoms with Crippen molar-refractivity contribution in [3.63, 3.8) is 0 Å². The van der Waals surface area contributed by atoms with E-state index in [4.69, 9.17) is 4.74 Å². The fraction of sp³-hybridized carbons (Fsp3) is 0.353. The molecule has 0 bridgehead atoms. The van der Waals surface area contributed by atoms with Crippen molar-refractivity contribution < 1.29 is 9.53 Å². The van der Waals surface area contributed by atoms with E-state index in [2.05, 4.69) is 20.6 Å². The maximum Gasteiger partial charge on any atom is 0.258 e. The normalized spacial score (nSPS) is 11.0. The Morgan fingerprint density at radius 3 is 2.39 bits per heavy atom. The molecule has 0 saturated heterocycles. The van der Waals surface area contributed by atoms with Gasteiger partial charge in [0.1, 0.15) is 5.75 Å². The second-order valence-electron chi connectivity index (χ2n) is 6.33. The van der Waals surface area contributed by atoms with Gasteiger partial charge in [0.2, 0.25) is 5.95 Å². The number of amides is 1.